The van der Waals surface area contributed by atoms with Gasteiger partial charge in [0, 0.05) is 16.4 Å². The number of anilines is 1. The predicted octanol–water partition coefficient (Wildman–Crippen LogP) is 2.98. The fourth-order valence-electron chi connectivity index (χ4n) is 2.05. The first-order valence-corrected chi connectivity index (χ1v) is 7.60. The van der Waals surface area contributed by atoms with E-state index in [0.29, 0.717) is 5.69 Å². The molecule has 0 spiro atoms. The van der Waals surface area contributed by atoms with Gasteiger partial charge in [0.2, 0.25) is 5.88 Å². The molecule has 1 aromatic carbocycles. The van der Waals surface area contributed by atoms with Crippen molar-refractivity contribution in [1.29, 1.82) is 5.26 Å². The smallest absolute Gasteiger partial charge is 0.345 e. The van der Waals surface area contributed by atoms with E-state index in [4.69, 9.17) is 5.26 Å². The van der Waals surface area contributed by atoms with Gasteiger partial charge >= 0.3 is 6.03 Å². The highest BCUT2D eigenvalue weighted by Gasteiger charge is 2.13. The summed E-state index contributed by atoms with van der Waals surface area (Å²) in [6, 6.07) is 6.45. The van der Waals surface area contributed by atoms with Crippen LogP contribution in [-0.2, 0) is 0 Å². The van der Waals surface area contributed by atoms with Crippen LogP contribution in [0.3, 0.4) is 0 Å². The van der Waals surface area contributed by atoms with Crippen LogP contribution in [0.1, 0.15) is 22.3 Å². The number of hydrogen-bond donors (Lipinski definition) is 3. The minimum Gasteiger partial charge on any atom is -0.494 e. The largest absolute Gasteiger partial charge is 0.494 e. The lowest BCUT2D eigenvalue weighted by molar-refractivity contribution is 0.259. The molecule has 122 valence electrons. The summed E-state index contributed by atoms with van der Waals surface area (Å²) < 4.78 is 0.888. The normalized spacial score (nSPS) is 10.6. The number of carbonyl (C=O) groups is 1. The second-order valence-electron chi connectivity index (χ2n) is 4.98. The van der Waals surface area contributed by atoms with Gasteiger partial charge in [-0.15, -0.1) is 0 Å². The van der Waals surface area contributed by atoms with Crippen LogP contribution in [-0.4, -0.2) is 22.3 Å². The summed E-state index contributed by atoms with van der Waals surface area (Å²) in [6.45, 7) is 3.33. The molecule has 0 unspecified atom stereocenters. The van der Waals surface area contributed by atoms with E-state index >= 15 is 0 Å². The second-order valence-corrected chi connectivity index (χ2v) is 5.89. The van der Waals surface area contributed by atoms with E-state index in [-0.39, 0.29) is 16.7 Å². The number of nitrogens with one attached hydrogen (secondary N) is 2. The van der Waals surface area contributed by atoms with Crippen LogP contribution >= 0.6 is 15.9 Å². The average molecular weight is 389 g/mol. The number of nitrogens with zero attached hydrogens (tertiary/aromatic N) is 2. The molecule has 2 rings (SSSR count). The van der Waals surface area contributed by atoms with Gasteiger partial charge in [-0.25, -0.2) is 9.79 Å². The maximum Gasteiger partial charge on any atom is 0.345 e. The summed E-state index contributed by atoms with van der Waals surface area (Å²) in [5, 5.41) is 21.3. The van der Waals surface area contributed by atoms with Gasteiger partial charge in [-0.2, -0.15) is 5.26 Å². The SMILES string of the molecule is Cc1cc(Br)ccc1NC(=O)/N=C/c1c(O)[nH]c(=O)c(C#N)c1C. The highest BCUT2D eigenvalue weighted by atomic mass is 79.9. The molecule has 1 aromatic heterocycles. The molecule has 2 aromatic rings. The number of amides is 2. The van der Waals surface area contributed by atoms with Gasteiger partial charge in [0.05, 0.1) is 5.56 Å². The van der Waals surface area contributed by atoms with Crippen LogP contribution in [0.4, 0.5) is 10.5 Å². The van der Waals surface area contributed by atoms with Crippen molar-refractivity contribution in [3.63, 3.8) is 0 Å². The summed E-state index contributed by atoms with van der Waals surface area (Å²) in [7, 11) is 0. The van der Waals surface area contributed by atoms with Gasteiger partial charge in [0.1, 0.15) is 11.6 Å². The summed E-state index contributed by atoms with van der Waals surface area (Å²) in [4.78, 5) is 29.3. The van der Waals surface area contributed by atoms with E-state index in [1.54, 1.807) is 18.2 Å². The fourth-order valence-corrected chi connectivity index (χ4v) is 2.53. The molecule has 8 heteroatoms. The number of rotatable bonds is 2. The van der Waals surface area contributed by atoms with Crippen LogP contribution in [0.2, 0.25) is 0 Å². The zero-order chi connectivity index (χ0) is 17.9. The lowest BCUT2D eigenvalue weighted by Crippen LogP contribution is -2.14. The van der Waals surface area contributed by atoms with Crippen LogP contribution in [0.15, 0.2) is 32.5 Å². The number of aliphatic imine (C=N–C) groups is 1. The Balaban J connectivity index is 2.27. The van der Waals surface area contributed by atoms with Crippen molar-refractivity contribution < 1.29 is 9.90 Å². The van der Waals surface area contributed by atoms with E-state index in [1.165, 1.54) is 6.92 Å². The molecule has 0 saturated carbocycles. The van der Waals surface area contributed by atoms with E-state index in [1.807, 2.05) is 13.0 Å². The van der Waals surface area contributed by atoms with E-state index in [9.17, 15) is 14.7 Å². The monoisotopic (exact) mass is 388 g/mol. The molecule has 24 heavy (non-hydrogen) atoms. The highest BCUT2D eigenvalue weighted by molar-refractivity contribution is 9.10. The second kappa shape index (κ2) is 7.10. The van der Waals surface area contributed by atoms with Crippen molar-refractivity contribution in [2.75, 3.05) is 5.32 Å². The average Bonchev–Trinajstić information content (AvgIpc) is 2.50. The molecule has 0 radical (unpaired) electrons. The van der Waals surface area contributed by atoms with Crippen LogP contribution in [0, 0.1) is 25.2 Å². The summed E-state index contributed by atoms with van der Waals surface area (Å²) in [5.41, 5.74) is 0.963. The van der Waals surface area contributed by atoms with Crippen LogP contribution in [0.25, 0.3) is 0 Å². The van der Waals surface area contributed by atoms with Gasteiger partial charge in [-0.05, 0) is 43.2 Å². The minimum atomic E-state index is -0.695. The van der Waals surface area contributed by atoms with Gasteiger partial charge in [-0.3, -0.25) is 9.78 Å². The van der Waals surface area contributed by atoms with Gasteiger partial charge in [0.15, 0.2) is 0 Å². The third kappa shape index (κ3) is 3.70. The third-order valence-electron chi connectivity index (χ3n) is 3.35. The predicted molar refractivity (Wildman–Crippen MR) is 93.7 cm³/mol. The first-order valence-electron chi connectivity index (χ1n) is 6.80. The number of aromatic amines is 1. The molecule has 1 heterocycles. The van der Waals surface area contributed by atoms with Crippen molar-refractivity contribution in [1.82, 2.24) is 4.98 Å². The lowest BCUT2D eigenvalue weighted by Gasteiger charge is -2.07. The molecular weight excluding hydrogens is 376 g/mol. The number of aromatic hydroxyl groups is 1. The van der Waals surface area contributed by atoms with Crippen LogP contribution < -0.4 is 10.9 Å². The minimum absolute atomic E-state index is 0.105. The van der Waals surface area contributed by atoms with Crippen molar-refractivity contribution in [3.8, 4) is 11.9 Å². The Morgan fingerprint density at radius 1 is 1.46 bits per heavy atom. The quantitative estimate of drug-likeness (QED) is 0.685. The topological polar surface area (TPSA) is 118 Å². The lowest BCUT2D eigenvalue weighted by atomic mass is 10.1. The summed E-state index contributed by atoms with van der Waals surface area (Å²) in [5.74, 6) is -0.451. The molecule has 0 bridgehead atoms. The Kier molecular flexibility index (Phi) is 5.16. The number of aromatic nitrogens is 1. The van der Waals surface area contributed by atoms with Crippen molar-refractivity contribution in [2.24, 2.45) is 4.99 Å². The number of hydrogen-bond acceptors (Lipinski definition) is 4. The zero-order valence-electron chi connectivity index (χ0n) is 12.8. The third-order valence-corrected chi connectivity index (χ3v) is 3.84. The number of benzene rings is 1. The molecular formula is C16H13BrN4O3. The molecule has 0 saturated heterocycles. The zero-order valence-corrected chi connectivity index (χ0v) is 14.4. The Hall–Kier alpha value is -2.92. The molecule has 3 N–H and O–H groups in total. The van der Waals surface area contributed by atoms with E-state index < -0.39 is 17.5 Å². The van der Waals surface area contributed by atoms with Crippen LogP contribution in [0.5, 0.6) is 5.88 Å². The molecule has 0 fully saturated rings. The molecule has 0 aliphatic heterocycles. The first kappa shape index (κ1) is 17.4. The maximum atomic E-state index is 11.9. The number of halogens is 1. The molecule has 0 aliphatic carbocycles. The maximum absolute atomic E-state index is 11.9. The molecule has 2 amide bonds. The molecule has 7 nitrogen and oxygen atoms in total. The van der Waals surface area contributed by atoms with Gasteiger partial charge < -0.3 is 10.4 Å². The van der Waals surface area contributed by atoms with Gasteiger partial charge in [-0.1, -0.05) is 15.9 Å². The van der Waals surface area contributed by atoms with E-state index in [0.717, 1.165) is 16.3 Å². The van der Waals surface area contributed by atoms with Crippen molar-refractivity contribution in [3.05, 3.63) is 55.3 Å². The first-order chi connectivity index (χ1) is 11.3. The Labute approximate surface area is 145 Å². The number of pyridine rings is 1. The van der Waals surface area contributed by atoms with Gasteiger partial charge in [0.25, 0.3) is 5.56 Å². The number of carbonyl (C=O) groups excluding carboxylic acids is 1. The number of aryl methyl sites for hydroxylation is 1. The van der Waals surface area contributed by atoms with Crippen molar-refractivity contribution in [2.45, 2.75) is 13.8 Å². The Bertz CT molecular complexity index is 942. The molecule has 0 atom stereocenters. The fraction of sp³-hybridized carbons (Fsp3) is 0.125. The standard InChI is InChI=1S/C16H13BrN4O3/c1-8-5-10(17)3-4-13(8)20-16(24)19-7-12-9(2)11(6-18)14(22)21-15(12)23/h3-5,7H,1-2H3,(H,20,24)(H2,21,22,23)/b19-7+. The summed E-state index contributed by atoms with van der Waals surface area (Å²) >= 11 is 3.33. The highest BCUT2D eigenvalue weighted by Crippen LogP contribution is 2.20. The Morgan fingerprint density at radius 3 is 2.79 bits per heavy atom. The Morgan fingerprint density at radius 2 is 2.17 bits per heavy atom. The number of urea groups is 1. The number of H-pyrrole nitrogens is 1. The number of nitriles is 1. The molecule has 0 aliphatic rings. The van der Waals surface area contributed by atoms with E-state index in [2.05, 4.69) is 31.2 Å². The summed E-state index contributed by atoms with van der Waals surface area (Å²) in [6.07, 6.45) is 1.10. The van der Waals surface area contributed by atoms with Crippen molar-refractivity contribution >= 4 is 33.9 Å².